The number of aliphatic hydroxyl groups is 1. The summed E-state index contributed by atoms with van der Waals surface area (Å²) < 4.78 is 20.9. The molecule has 1 fully saturated rings. The zero-order valence-corrected chi connectivity index (χ0v) is 31.2. The van der Waals surface area contributed by atoms with Crippen molar-refractivity contribution in [2.45, 2.75) is 85.4 Å². The number of anilines is 1. The average Bonchev–Trinajstić information content (AvgIpc) is 3.17. The molecule has 0 aromatic heterocycles. The molecule has 51 heavy (non-hydrogen) atoms. The zero-order valence-electron chi connectivity index (χ0n) is 31.2. The van der Waals surface area contributed by atoms with E-state index in [1.54, 1.807) is 19.2 Å². The van der Waals surface area contributed by atoms with Crippen LogP contribution in [0.25, 0.3) is 6.08 Å². The lowest BCUT2D eigenvalue weighted by Crippen LogP contribution is -2.36. The first-order valence-electron chi connectivity index (χ1n) is 17.6. The lowest BCUT2D eigenvalue weighted by atomic mass is 9.80. The van der Waals surface area contributed by atoms with Crippen molar-refractivity contribution in [3.8, 4) is 6.07 Å². The van der Waals surface area contributed by atoms with Crippen LogP contribution in [0.1, 0.15) is 94.9 Å². The van der Waals surface area contributed by atoms with Gasteiger partial charge in [-0.15, -0.1) is 0 Å². The van der Waals surface area contributed by atoms with Gasteiger partial charge in [0.25, 0.3) is 0 Å². The smallest absolute Gasteiger partial charge is 0.219 e. The summed E-state index contributed by atoms with van der Waals surface area (Å²) in [5, 5.41) is 22.0. The average molecular weight is 705 g/mol. The Bertz CT molecular complexity index is 1510. The van der Waals surface area contributed by atoms with E-state index in [1.807, 2.05) is 83.2 Å². The number of carbonyl (C=O) groups is 2. The van der Waals surface area contributed by atoms with E-state index in [-0.39, 0.29) is 42.9 Å². The quantitative estimate of drug-likeness (QED) is 0.0533. The van der Waals surface area contributed by atoms with Crippen molar-refractivity contribution in [1.29, 1.82) is 5.26 Å². The monoisotopic (exact) mass is 704 g/mol. The number of allylic oxidation sites excluding steroid dienone is 4. The molecule has 1 aliphatic heterocycles. The van der Waals surface area contributed by atoms with Crippen LogP contribution in [0.2, 0.25) is 0 Å². The molecule has 1 heterocycles. The number of nitrogens with one attached hydrogen (secondary N) is 1. The Kier molecular flexibility index (Phi) is 22.1. The van der Waals surface area contributed by atoms with E-state index in [0.717, 1.165) is 54.6 Å². The second-order valence-electron chi connectivity index (χ2n) is 11.8. The number of hydrogen-bond acceptors (Lipinski definition) is 8. The molecule has 1 saturated heterocycles. The molecule has 278 valence electrons. The highest BCUT2D eigenvalue weighted by molar-refractivity contribution is 5.75. The Labute approximate surface area is 304 Å². The van der Waals surface area contributed by atoms with Crippen molar-refractivity contribution in [1.82, 2.24) is 5.32 Å². The van der Waals surface area contributed by atoms with Gasteiger partial charge in [-0.25, -0.2) is 10.3 Å². The Balaban J connectivity index is 0.00000103. The topological polar surface area (TPSA) is 138 Å². The van der Waals surface area contributed by atoms with Gasteiger partial charge in [-0.2, -0.15) is 5.26 Å². The molecule has 0 bridgehead atoms. The van der Waals surface area contributed by atoms with Crippen LogP contribution in [0.3, 0.4) is 0 Å². The van der Waals surface area contributed by atoms with Gasteiger partial charge in [0.05, 0.1) is 24.3 Å². The van der Waals surface area contributed by atoms with Gasteiger partial charge >= 0.3 is 0 Å². The first-order chi connectivity index (χ1) is 24.6. The van der Waals surface area contributed by atoms with Gasteiger partial charge < -0.3 is 24.9 Å². The molecular formula is C41H57FN4O5. The Hall–Kier alpha value is -4.56. The van der Waals surface area contributed by atoms with Crippen molar-refractivity contribution in [3.63, 3.8) is 0 Å². The molecule has 1 amide bonds. The maximum absolute atomic E-state index is 15.1. The SMILES string of the molecule is C=Cc1cc(N2CCC(C(CO)c3ccc(COC(=CC)/C=C\C=C(/C)C(C)ON)c(F)c3)CC2)ccc1C#N.CC.CNC(=O)CCCC=O. The Morgan fingerprint density at radius 3 is 2.49 bits per heavy atom. The fourth-order valence-corrected chi connectivity index (χ4v) is 5.41. The molecule has 10 heteroatoms. The molecule has 2 aromatic carbocycles. The summed E-state index contributed by atoms with van der Waals surface area (Å²) in [7, 11) is 1.59. The van der Waals surface area contributed by atoms with E-state index in [4.69, 9.17) is 15.5 Å². The summed E-state index contributed by atoms with van der Waals surface area (Å²) in [6.45, 7) is 15.2. The molecule has 1 aliphatic rings. The number of halogens is 1. The maximum atomic E-state index is 15.1. The van der Waals surface area contributed by atoms with Crippen molar-refractivity contribution in [2.75, 3.05) is 31.6 Å². The first kappa shape index (κ1) is 44.5. The number of unbranched alkanes of at least 4 members (excludes halogenated alkanes) is 1. The number of rotatable bonds is 16. The third-order valence-electron chi connectivity index (χ3n) is 8.70. The molecule has 0 spiro atoms. The lowest BCUT2D eigenvalue weighted by Gasteiger charge is -2.37. The summed E-state index contributed by atoms with van der Waals surface area (Å²) in [6, 6.07) is 13.2. The molecule has 0 radical (unpaired) electrons. The molecular weight excluding hydrogens is 647 g/mol. The van der Waals surface area contributed by atoms with Gasteiger partial charge in [-0.3, -0.25) is 9.63 Å². The predicted molar refractivity (Wildman–Crippen MR) is 204 cm³/mol. The van der Waals surface area contributed by atoms with E-state index in [1.165, 1.54) is 6.07 Å². The van der Waals surface area contributed by atoms with Crippen molar-refractivity contribution in [2.24, 2.45) is 11.8 Å². The number of carbonyl (C=O) groups excluding carboxylic acids is 2. The van der Waals surface area contributed by atoms with Crippen molar-refractivity contribution >= 4 is 24.0 Å². The second-order valence-corrected chi connectivity index (χ2v) is 11.8. The number of nitrogens with zero attached hydrogens (tertiary/aromatic N) is 2. The van der Waals surface area contributed by atoms with Crippen LogP contribution < -0.4 is 16.1 Å². The highest BCUT2D eigenvalue weighted by atomic mass is 19.1. The summed E-state index contributed by atoms with van der Waals surface area (Å²) in [6.07, 6.45) is 13.0. The van der Waals surface area contributed by atoms with Gasteiger partial charge in [0.2, 0.25) is 5.91 Å². The number of hydrogen-bond donors (Lipinski definition) is 3. The predicted octanol–water partition coefficient (Wildman–Crippen LogP) is 7.66. The van der Waals surface area contributed by atoms with Gasteiger partial charge in [0, 0.05) is 50.1 Å². The fraction of sp³-hybridized carbons (Fsp3) is 0.439. The normalized spacial score (nSPS) is 14.6. The van der Waals surface area contributed by atoms with Crippen LogP contribution in [0.5, 0.6) is 0 Å². The number of aldehydes is 1. The van der Waals surface area contributed by atoms with Gasteiger partial charge in [0.15, 0.2) is 0 Å². The fourth-order valence-electron chi connectivity index (χ4n) is 5.41. The third-order valence-corrected chi connectivity index (χ3v) is 8.70. The molecule has 2 atom stereocenters. The van der Waals surface area contributed by atoms with E-state index in [9.17, 15) is 20.0 Å². The minimum atomic E-state index is -0.341. The number of nitriles is 1. The van der Waals surface area contributed by atoms with E-state index in [2.05, 4.69) is 22.9 Å². The number of nitrogens with two attached hydrogens (primary N) is 1. The second kappa shape index (κ2) is 25.4. The number of ether oxygens (including phenoxy) is 1. The van der Waals surface area contributed by atoms with E-state index < -0.39 is 0 Å². The number of piperidine rings is 1. The standard InChI is InChI=1S/C33H40FN3O3.C6H11NO2.C2H6/c1-5-25-18-30(13-12-28(25)20-35)37-16-14-26(15-17-37)32(21-38)27-10-11-29(33(34)19-27)22-39-31(6-2)9-7-8-23(3)24(4)40-36;1-7-6(9)4-2-3-5-8;1-2/h5-13,18-19,24,26,32,38H,1,14-17,21-22,36H2,2-4H3;5H,2-4H2,1H3,(H,7,9);1-2H3/b9-7-,23-8+,31-6?;;. The lowest BCUT2D eigenvalue weighted by molar-refractivity contribution is -0.120. The molecule has 2 aromatic rings. The molecule has 4 N–H and O–H groups in total. The van der Waals surface area contributed by atoms with Crippen molar-refractivity contribution in [3.05, 3.63) is 107 Å². The van der Waals surface area contributed by atoms with Crippen LogP contribution >= 0.6 is 0 Å². The maximum Gasteiger partial charge on any atom is 0.219 e. The zero-order chi connectivity index (χ0) is 38.2. The van der Waals surface area contributed by atoms with Gasteiger partial charge in [-0.1, -0.05) is 50.8 Å². The van der Waals surface area contributed by atoms with Crippen LogP contribution in [0.15, 0.2) is 78.6 Å². The van der Waals surface area contributed by atoms with Gasteiger partial charge in [0.1, 0.15) is 24.5 Å². The highest BCUT2D eigenvalue weighted by Crippen LogP contribution is 2.35. The summed E-state index contributed by atoms with van der Waals surface area (Å²) in [5.74, 6) is 5.60. The number of amides is 1. The van der Waals surface area contributed by atoms with Crippen LogP contribution in [-0.4, -0.2) is 50.1 Å². The van der Waals surface area contributed by atoms with Crippen LogP contribution in [0.4, 0.5) is 10.1 Å². The summed E-state index contributed by atoms with van der Waals surface area (Å²) >= 11 is 0. The molecule has 9 nitrogen and oxygen atoms in total. The van der Waals surface area contributed by atoms with Gasteiger partial charge in [-0.05, 0) is 99.1 Å². The molecule has 3 rings (SSSR count). The molecule has 2 unspecified atom stereocenters. The van der Waals surface area contributed by atoms with Crippen LogP contribution in [-0.2, 0) is 25.8 Å². The molecule has 0 saturated carbocycles. The van der Waals surface area contributed by atoms with Crippen molar-refractivity contribution < 1.29 is 28.7 Å². The first-order valence-corrected chi connectivity index (χ1v) is 17.6. The summed E-state index contributed by atoms with van der Waals surface area (Å²) in [4.78, 5) is 27.3. The largest absolute Gasteiger partial charge is 0.489 e. The number of aliphatic hydroxyl groups excluding tert-OH is 1. The Morgan fingerprint density at radius 1 is 1.24 bits per heavy atom. The summed E-state index contributed by atoms with van der Waals surface area (Å²) in [5.41, 5.74) is 4.72. The highest BCUT2D eigenvalue weighted by Gasteiger charge is 2.28. The molecule has 0 aliphatic carbocycles. The van der Waals surface area contributed by atoms with E-state index >= 15 is 4.39 Å². The third kappa shape index (κ3) is 15.1. The van der Waals surface area contributed by atoms with Crippen LogP contribution in [0, 0.1) is 23.1 Å². The van der Waals surface area contributed by atoms with E-state index in [0.29, 0.717) is 36.1 Å². The minimum Gasteiger partial charge on any atom is -0.489 e. The number of benzene rings is 2. The Morgan fingerprint density at radius 2 is 1.94 bits per heavy atom. The minimum absolute atomic E-state index is 0.00292.